The molecular formula is C20H27N3OS. The highest BCUT2D eigenvalue weighted by molar-refractivity contribution is 7.10. The Labute approximate surface area is 154 Å². The van der Waals surface area contributed by atoms with Crippen molar-refractivity contribution in [1.29, 1.82) is 0 Å². The van der Waals surface area contributed by atoms with Gasteiger partial charge in [-0.1, -0.05) is 26.0 Å². The maximum Gasteiger partial charge on any atom is 0.251 e. The molecule has 3 rings (SSSR count). The highest BCUT2D eigenvalue weighted by atomic mass is 32.1. The SMILES string of the molecule is CC(C)CCNC(=O)c1ccc(-c2csc(C3CCN(C)C3)n2)cc1. The van der Waals surface area contributed by atoms with Gasteiger partial charge in [0.15, 0.2) is 0 Å². The fourth-order valence-electron chi connectivity index (χ4n) is 3.11. The molecule has 5 heteroatoms. The van der Waals surface area contributed by atoms with Crippen LogP contribution >= 0.6 is 11.3 Å². The van der Waals surface area contributed by atoms with Crippen molar-refractivity contribution in [1.82, 2.24) is 15.2 Å². The van der Waals surface area contributed by atoms with E-state index in [-0.39, 0.29) is 5.91 Å². The third kappa shape index (κ3) is 4.67. The van der Waals surface area contributed by atoms with Crippen LogP contribution in [0.5, 0.6) is 0 Å². The number of likely N-dealkylation sites (tertiary alicyclic amines) is 1. The molecule has 1 amide bonds. The molecule has 0 bridgehead atoms. The summed E-state index contributed by atoms with van der Waals surface area (Å²) in [4.78, 5) is 19.3. The molecule has 1 aliphatic heterocycles. The molecule has 1 aromatic heterocycles. The van der Waals surface area contributed by atoms with Crippen molar-refractivity contribution in [3.8, 4) is 11.3 Å². The Hall–Kier alpha value is -1.72. The molecule has 134 valence electrons. The zero-order valence-electron chi connectivity index (χ0n) is 15.3. The number of carbonyl (C=O) groups is 1. The lowest BCUT2D eigenvalue weighted by Crippen LogP contribution is -2.25. The quantitative estimate of drug-likeness (QED) is 0.850. The third-order valence-corrected chi connectivity index (χ3v) is 5.72. The first-order valence-electron chi connectivity index (χ1n) is 9.05. The molecule has 0 radical (unpaired) electrons. The molecule has 0 saturated carbocycles. The lowest BCUT2D eigenvalue weighted by molar-refractivity contribution is 0.0952. The molecule has 1 saturated heterocycles. The molecule has 25 heavy (non-hydrogen) atoms. The predicted molar refractivity (Wildman–Crippen MR) is 104 cm³/mol. The number of aromatic nitrogens is 1. The van der Waals surface area contributed by atoms with Crippen molar-refractivity contribution >= 4 is 17.2 Å². The lowest BCUT2D eigenvalue weighted by atomic mass is 10.1. The van der Waals surface area contributed by atoms with Crippen LogP contribution in [0.4, 0.5) is 0 Å². The minimum Gasteiger partial charge on any atom is -0.352 e. The van der Waals surface area contributed by atoms with Gasteiger partial charge in [0, 0.05) is 35.5 Å². The van der Waals surface area contributed by atoms with Gasteiger partial charge in [-0.25, -0.2) is 4.98 Å². The van der Waals surface area contributed by atoms with Crippen LogP contribution in [0.25, 0.3) is 11.3 Å². The van der Waals surface area contributed by atoms with Crippen molar-refractivity contribution in [2.24, 2.45) is 5.92 Å². The van der Waals surface area contributed by atoms with Gasteiger partial charge in [-0.2, -0.15) is 0 Å². The Morgan fingerprint density at radius 1 is 1.36 bits per heavy atom. The van der Waals surface area contributed by atoms with Crippen LogP contribution in [-0.2, 0) is 0 Å². The Morgan fingerprint density at radius 3 is 2.76 bits per heavy atom. The summed E-state index contributed by atoms with van der Waals surface area (Å²) >= 11 is 1.75. The molecule has 2 aromatic rings. The summed E-state index contributed by atoms with van der Waals surface area (Å²) in [5, 5.41) is 6.34. The van der Waals surface area contributed by atoms with Gasteiger partial charge in [0.25, 0.3) is 5.91 Å². The highest BCUT2D eigenvalue weighted by Gasteiger charge is 2.23. The van der Waals surface area contributed by atoms with Gasteiger partial charge < -0.3 is 10.2 Å². The van der Waals surface area contributed by atoms with Gasteiger partial charge in [-0.05, 0) is 44.5 Å². The van der Waals surface area contributed by atoms with Crippen LogP contribution in [-0.4, -0.2) is 42.5 Å². The second-order valence-electron chi connectivity index (χ2n) is 7.33. The normalized spacial score (nSPS) is 18.0. The Kier molecular flexibility index (Phi) is 5.86. The monoisotopic (exact) mass is 357 g/mol. The molecule has 1 unspecified atom stereocenters. The van der Waals surface area contributed by atoms with Crippen LogP contribution in [0.3, 0.4) is 0 Å². The second kappa shape index (κ2) is 8.11. The molecule has 2 heterocycles. The number of hydrogen-bond donors (Lipinski definition) is 1. The Bertz CT molecular complexity index is 708. The smallest absolute Gasteiger partial charge is 0.251 e. The number of thiazole rings is 1. The molecule has 1 fully saturated rings. The largest absolute Gasteiger partial charge is 0.352 e. The van der Waals surface area contributed by atoms with E-state index in [1.165, 1.54) is 11.4 Å². The Balaban J connectivity index is 1.62. The summed E-state index contributed by atoms with van der Waals surface area (Å²) < 4.78 is 0. The van der Waals surface area contributed by atoms with E-state index >= 15 is 0 Å². The topological polar surface area (TPSA) is 45.2 Å². The summed E-state index contributed by atoms with van der Waals surface area (Å²) in [7, 11) is 2.17. The van der Waals surface area contributed by atoms with Crippen molar-refractivity contribution in [3.05, 3.63) is 40.2 Å². The number of amides is 1. The standard InChI is InChI=1S/C20H27N3OS/c1-14(2)8-10-21-19(24)16-6-4-15(5-7-16)18-13-25-20(22-18)17-9-11-23(3)12-17/h4-7,13-14,17H,8-12H2,1-3H3,(H,21,24). The van der Waals surface area contributed by atoms with E-state index in [0.29, 0.717) is 17.4 Å². The predicted octanol–water partition coefficient (Wildman–Crippen LogP) is 4.01. The second-order valence-corrected chi connectivity index (χ2v) is 8.22. The summed E-state index contributed by atoms with van der Waals surface area (Å²) in [5.74, 6) is 1.16. The lowest BCUT2D eigenvalue weighted by Gasteiger charge is -2.08. The van der Waals surface area contributed by atoms with E-state index in [1.807, 2.05) is 24.3 Å². The van der Waals surface area contributed by atoms with E-state index < -0.39 is 0 Å². The summed E-state index contributed by atoms with van der Waals surface area (Å²) in [6.45, 7) is 7.30. The minimum absolute atomic E-state index is 0.000148. The fraction of sp³-hybridized carbons (Fsp3) is 0.500. The molecule has 1 atom stereocenters. The van der Waals surface area contributed by atoms with Crippen molar-refractivity contribution in [3.63, 3.8) is 0 Å². The van der Waals surface area contributed by atoms with E-state index in [1.54, 1.807) is 11.3 Å². The first-order chi connectivity index (χ1) is 12.0. The molecule has 1 aromatic carbocycles. The minimum atomic E-state index is 0.000148. The van der Waals surface area contributed by atoms with Crippen LogP contribution in [0, 0.1) is 5.92 Å². The van der Waals surface area contributed by atoms with Crippen LogP contribution < -0.4 is 5.32 Å². The van der Waals surface area contributed by atoms with Gasteiger partial charge in [-0.15, -0.1) is 11.3 Å². The Morgan fingerprint density at radius 2 is 2.12 bits per heavy atom. The van der Waals surface area contributed by atoms with Gasteiger partial charge in [0.05, 0.1) is 10.7 Å². The summed E-state index contributed by atoms with van der Waals surface area (Å²) in [5.41, 5.74) is 2.80. The molecule has 1 aliphatic rings. The number of rotatable bonds is 6. The van der Waals surface area contributed by atoms with E-state index in [9.17, 15) is 4.79 Å². The number of hydrogen-bond acceptors (Lipinski definition) is 4. The first-order valence-corrected chi connectivity index (χ1v) is 9.93. The summed E-state index contributed by atoms with van der Waals surface area (Å²) in [6.07, 6.45) is 2.20. The average molecular weight is 358 g/mol. The van der Waals surface area contributed by atoms with E-state index in [0.717, 1.165) is 37.3 Å². The van der Waals surface area contributed by atoms with Crippen molar-refractivity contribution in [2.45, 2.75) is 32.6 Å². The van der Waals surface area contributed by atoms with Gasteiger partial charge in [0.1, 0.15) is 0 Å². The maximum atomic E-state index is 12.2. The van der Waals surface area contributed by atoms with Crippen LogP contribution in [0.15, 0.2) is 29.6 Å². The average Bonchev–Trinajstić information content (AvgIpc) is 3.23. The zero-order chi connectivity index (χ0) is 17.8. The number of likely N-dealkylation sites (N-methyl/N-ethyl adjacent to an activating group) is 1. The van der Waals surface area contributed by atoms with Crippen molar-refractivity contribution < 1.29 is 4.79 Å². The highest BCUT2D eigenvalue weighted by Crippen LogP contribution is 2.31. The number of nitrogens with one attached hydrogen (secondary N) is 1. The molecule has 0 spiro atoms. The first kappa shape index (κ1) is 18.1. The van der Waals surface area contributed by atoms with E-state index in [4.69, 9.17) is 4.98 Å². The maximum absolute atomic E-state index is 12.2. The fourth-order valence-corrected chi connectivity index (χ4v) is 4.07. The number of carbonyl (C=O) groups excluding carboxylic acids is 1. The molecular weight excluding hydrogens is 330 g/mol. The van der Waals surface area contributed by atoms with Crippen LogP contribution in [0.2, 0.25) is 0 Å². The summed E-state index contributed by atoms with van der Waals surface area (Å²) in [6, 6.07) is 7.78. The van der Waals surface area contributed by atoms with Gasteiger partial charge >= 0.3 is 0 Å². The zero-order valence-corrected chi connectivity index (χ0v) is 16.1. The molecule has 0 aliphatic carbocycles. The van der Waals surface area contributed by atoms with E-state index in [2.05, 4.69) is 36.5 Å². The number of nitrogens with zero attached hydrogens (tertiary/aromatic N) is 2. The van der Waals surface area contributed by atoms with Crippen molar-refractivity contribution in [2.75, 3.05) is 26.7 Å². The third-order valence-electron chi connectivity index (χ3n) is 4.71. The van der Waals surface area contributed by atoms with Gasteiger partial charge in [0.2, 0.25) is 0 Å². The van der Waals surface area contributed by atoms with Gasteiger partial charge in [-0.3, -0.25) is 4.79 Å². The molecule has 4 nitrogen and oxygen atoms in total. The molecule has 1 N–H and O–H groups in total. The van der Waals surface area contributed by atoms with Crippen LogP contribution in [0.1, 0.15) is 48.0 Å². The number of benzene rings is 1.